The molecule has 0 aliphatic heterocycles. The molecule has 8 heteroatoms. The molecule has 0 N–H and O–H groups in total. The zero-order chi connectivity index (χ0) is 18.2. The lowest BCUT2D eigenvalue weighted by molar-refractivity contribution is -0.131. The molecule has 3 rings (SSSR count). The van der Waals surface area contributed by atoms with Crippen molar-refractivity contribution in [3.8, 4) is 11.4 Å². The molecular weight excluding hydrogens is 371 g/mol. The third-order valence-electron chi connectivity index (χ3n) is 3.74. The van der Waals surface area contributed by atoms with Crippen LogP contribution in [0.1, 0.15) is 17.9 Å². The smallest absolute Gasteiger partial charge is 0.312 e. The number of imidazole rings is 1. The number of aryl methyl sites for hydroxylation is 1. The van der Waals surface area contributed by atoms with E-state index in [1.54, 1.807) is 23.4 Å². The van der Waals surface area contributed by atoms with Crippen molar-refractivity contribution >= 4 is 34.5 Å². The predicted octanol–water partition coefficient (Wildman–Crippen LogP) is 5.59. The van der Waals surface area contributed by atoms with E-state index in [-0.39, 0.29) is 5.56 Å². The van der Waals surface area contributed by atoms with Gasteiger partial charge in [-0.2, -0.15) is 13.2 Å². The molecule has 0 spiro atoms. The molecule has 0 amide bonds. The number of halogens is 4. The number of thioether (sulfide) groups is 1. The van der Waals surface area contributed by atoms with Gasteiger partial charge in [0.15, 0.2) is 11.0 Å². The molecule has 0 bridgehead atoms. The normalized spacial score (nSPS) is 13.4. The molecule has 1 atom stereocenters. The summed E-state index contributed by atoms with van der Waals surface area (Å²) in [7, 11) is 1.80. The molecule has 0 aliphatic carbocycles. The largest absolute Gasteiger partial charge is 0.408 e. The van der Waals surface area contributed by atoms with Crippen LogP contribution in [0.2, 0.25) is 0 Å². The van der Waals surface area contributed by atoms with E-state index < -0.39 is 11.6 Å². The van der Waals surface area contributed by atoms with Crippen molar-refractivity contribution in [1.82, 2.24) is 14.5 Å². The summed E-state index contributed by atoms with van der Waals surface area (Å²) in [6.07, 6.45) is -3.37. The number of pyridine rings is 1. The van der Waals surface area contributed by atoms with E-state index in [1.165, 1.54) is 6.07 Å². The topological polar surface area (TPSA) is 30.7 Å². The van der Waals surface area contributed by atoms with Gasteiger partial charge in [0, 0.05) is 23.7 Å². The molecule has 3 nitrogen and oxygen atoms in total. The minimum atomic E-state index is -4.53. The Hall–Kier alpha value is -1.73. The van der Waals surface area contributed by atoms with Gasteiger partial charge in [-0.15, -0.1) is 23.4 Å². The van der Waals surface area contributed by atoms with Crippen molar-refractivity contribution in [3.05, 3.63) is 42.1 Å². The van der Waals surface area contributed by atoms with Crippen molar-refractivity contribution < 1.29 is 13.2 Å². The molecule has 2 heterocycles. The minimum Gasteiger partial charge on any atom is -0.312 e. The van der Waals surface area contributed by atoms with Crippen LogP contribution in [-0.4, -0.2) is 26.5 Å². The molecule has 0 fully saturated rings. The Morgan fingerprint density at radius 2 is 2.00 bits per heavy atom. The van der Waals surface area contributed by atoms with Gasteiger partial charge < -0.3 is 4.57 Å². The summed E-state index contributed by atoms with van der Waals surface area (Å²) < 4.78 is 40.3. The second-order valence-electron chi connectivity index (χ2n) is 5.44. The Kier molecular flexibility index (Phi) is 4.97. The standard InChI is InChI=1S/C17H15ClF3N3S/c1-3-25-13-7-5-4-6-11(13)15-23-12-8-10(14(18)17(19,20)21)9-22-16(12)24(15)2/h4-9,14H,3H2,1-2H3. The Morgan fingerprint density at radius 1 is 1.28 bits per heavy atom. The maximum Gasteiger partial charge on any atom is 0.408 e. The van der Waals surface area contributed by atoms with E-state index in [1.807, 2.05) is 24.3 Å². The van der Waals surface area contributed by atoms with Crippen molar-refractivity contribution in [2.45, 2.75) is 23.4 Å². The molecular formula is C17H15ClF3N3S. The average molecular weight is 386 g/mol. The average Bonchev–Trinajstić information content (AvgIpc) is 2.90. The number of aromatic nitrogens is 3. The van der Waals surface area contributed by atoms with Gasteiger partial charge in [-0.1, -0.05) is 25.1 Å². The van der Waals surface area contributed by atoms with Crippen LogP contribution in [0.25, 0.3) is 22.6 Å². The molecule has 1 aromatic carbocycles. The first-order valence-electron chi connectivity index (χ1n) is 7.58. The summed E-state index contributed by atoms with van der Waals surface area (Å²) in [5.74, 6) is 1.57. The highest BCUT2D eigenvalue weighted by Gasteiger charge is 2.39. The van der Waals surface area contributed by atoms with Crippen LogP contribution >= 0.6 is 23.4 Å². The Morgan fingerprint density at radius 3 is 2.68 bits per heavy atom. The van der Waals surface area contributed by atoms with Gasteiger partial charge in [0.2, 0.25) is 0 Å². The maximum absolute atomic E-state index is 12.8. The van der Waals surface area contributed by atoms with E-state index in [9.17, 15) is 13.2 Å². The van der Waals surface area contributed by atoms with Crippen molar-refractivity contribution in [2.24, 2.45) is 7.05 Å². The third kappa shape index (κ3) is 3.48. The van der Waals surface area contributed by atoms with Crippen molar-refractivity contribution in [2.75, 3.05) is 5.75 Å². The van der Waals surface area contributed by atoms with Crippen LogP contribution in [-0.2, 0) is 7.05 Å². The monoisotopic (exact) mass is 385 g/mol. The molecule has 3 aromatic rings. The zero-order valence-electron chi connectivity index (χ0n) is 13.5. The highest BCUT2D eigenvalue weighted by Crippen LogP contribution is 2.39. The predicted molar refractivity (Wildman–Crippen MR) is 95.0 cm³/mol. The van der Waals surface area contributed by atoms with Gasteiger partial charge in [-0.3, -0.25) is 0 Å². The summed E-state index contributed by atoms with van der Waals surface area (Å²) in [6, 6.07) is 9.15. The summed E-state index contributed by atoms with van der Waals surface area (Å²) in [5.41, 5.74) is 1.72. The second kappa shape index (κ2) is 6.88. The first kappa shape index (κ1) is 18.1. The molecule has 0 saturated heterocycles. The van der Waals surface area contributed by atoms with Crippen LogP contribution in [0.15, 0.2) is 41.4 Å². The minimum absolute atomic E-state index is 0.109. The van der Waals surface area contributed by atoms with E-state index in [0.717, 1.165) is 22.4 Å². The Bertz CT molecular complexity index is 908. The summed E-state index contributed by atoms with van der Waals surface area (Å²) in [5, 5.41) is -2.10. The van der Waals surface area contributed by atoms with E-state index in [2.05, 4.69) is 16.9 Å². The number of nitrogens with zero attached hydrogens (tertiary/aromatic N) is 3. The highest BCUT2D eigenvalue weighted by atomic mass is 35.5. The lowest BCUT2D eigenvalue weighted by atomic mass is 10.2. The molecule has 25 heavy (non-hydrogen) atoms. The molecule has 0 saturated carbocycles. The number of hydrogen-bond donors (Lipinski definition) is 0. The fraction of sp³-hybridized carbons (Fsp3) is 0.294. The number of rotatable bonds is 4. The van der Waals surface area contributed by atoms with Crippen molar-refractivity contribution in [1.29, 1.82) is 0 Å². The van der Waals surface area contributed by atoms with Gasteiger partial charge in [-0.25, -0.2) is 9.97 Å². The van der Waals surface area contributed by atoms with E-state index in [0.29, 0.717) is 17.0 Å². The highest BCUT2D eigenvalue weighted by molar-refractivity contribution is 7.99. The third-order valence-corrected chi connectivity index (χ3v) is 5.19. The van der Waals surface area contributed by atoms with Crippen LogP contribution in [0.3, 0.4) is 0 Å². The fourth-order valence-electron chi connectivity index (χ4n) is 2.59. The summed E-state index contributed by atoms with van der Waals surface area (Å²) in [6.45, 7) is 2.06. The van der Waals surface area contributed by atoms with Gasteiger partial charge in [-0.05, 0) is 23.4 Å². The lowest BCUT2D eigenvalue weighted by Crippen LogP contribution is -2.15. The first-order valence-corrected chi connectivity index (χ1v) is 9.00. The van der Waals surface area contributed by atoms with Crippen molar-refractivity contribution in [3.63, 3.8) is 0 Å². The Balaban J connectivity index is 2.12. The quantitative estimate of drug-likeness (QED) is 0.433. The van der Waals surface area contributed by atoms with E-state index >= 15 is 0 Å². The van der Waals surface area contributed by atoms with Crippen LogP contribution in [0.5, 0.6) is 0 Å². The van der Waals surface area contributed by atoms with Crippen LogP contribution in [0.4, 0.5) is 13.2 Å². The fourth-order valence-corrected chi connectivity index (χ4v) is 3.51. The van der Waals surface area contributed by atoms with Gasteiger partial charge in [0.05, 0.1) is 0 Å². The number of hydrogen-bond acceptors (Lipinski definition) is 3. The van der Waals surface area contributed by atoms with E-state index in [4.69, 9.17) is 11.6 Å². The van der Waals surface area contributed by atoms with Crippen LogP contribution in [0, 0.1) is 0 Å². The SMILES string of the molecule is CCSc1ccccc1-c1nc2cc(C(Cl)C(F)(F)F)cnc2n1C. The second-order valence-corrected chi connectivity index (χ2v) is 7.18. The Labute approximate surface area is 152 Å². The molecule has 1 unspecified atom stereocenters. The zero-order valence-corrected chi connectivity index (χ0v) is 15.1. The number of alkyl halides is 4. The summed E-state index contributed by atoms with van der Waals surface area (Å²) >= 11 is 7.19. The molecule has 2 aromatic heterocycles. The van der Waals surface area contributed by atoms with Gasteiger partial charge >= 0.3 is 6.18 Å². The van der Waals surface area contributed by atoms with Crippen LogP contribution < -0.4 is 0 Å². The number of benzene rings is 1. The molecule has 132 valence electrons. The lowest BCUT2D eigenvalue weighted by Gasteiger charge is -2.13. The molecule has 0 aliphatic rings. The van der Waals surface area contributed by atoms with Gasteiger partial charge in [0.25, 0.3) is 0 Å². The van der Waals surface area contributed by atoms with Gasteiger partial charge in [0.1, 0.15) is 11.3 Å². The number of fused-ring (bicyclic) bond motifs is 1. The molecule has 0 radical (unpaired) electrons. The maximum atomic E-state index is 12.8. The summed E-state index contributed by atoms with van der Waals surface area (Å²) in [4.78, 5) is 9.72. The first-order chi connectivity index (χ1) is 11.8.